The van der Waals surface area contributed by atoms with E-state index in [1.165, 1.54) is 6.07 Å². The number of carbonyl (C=O) groups excluding carboxylic acids is 1. The van der Waals surface area contributed by atoms with Crippen LogP contribution in [0.2, 0.25) is 0 Å². The normalized spacial score (nSPS) is 14.6. The van der Waals surface area contributed by atoms with Gasteiger partial charge >= 0.3 is 0 Å². The number of hydrogen-bond acceptors (Lipinski definition) is 5. The van der Waals surface area contributed by atoms with Gasteiger partial charge in [0.25, 0.3) is 5.91 Å². The van der Waals surface area contributed by atoms with Crippen LogP contribution in [0.15, 0.2) is 18.2 Å². The zero-order valence-electron chi connectivity index (χ0n) is 14.5. The summed E-state index contributed by atoms with van der Waals surface area (Å²) in [5, 5.41) is 11.3. The lowest BCUT2D eigenvalue weighted by molar-refractivity contribution is 0.0949. The minimum absolute atomic E-state index is 0.261. The van der Waals surface area contributed by atoms with E-state index in [1.807, 2.05) is 18.7 Å². The van der Waals surface area contributed by atoms with Gasteiger partial charge < -0.3 is 15.0 Å². The van der Waals surface area contributed by atoms with Crippen molar-refractivity contribution >= 4 is 11.6 Å². The summed E-state index contributed by atoms with van der Waals surface area (Å²) in [4.78, 5) is 15.8. The van der Waals surface area contributed by atoms with Crippen LogP contribution in [0.3, 0.4) is 0 Å². The second-order valence-electron chi connectivity index (χ2n) is 5.87. The predicted molar refractivity (Wildman–Crippen MR) is 91.0 cm³/mol. The number of morpholine rings is 1. The van der Waals surface area contributed by atoms with Gasteiger partial charge in [-0.15, -0.1) is 0 Å². The Bertz CT molecular complexity index is 755. The standard InChI is InChI=1S/C17H22FN5O2/c1-3-23-20-12(2)15(21-23)11-19-17(24)13-4-5-16(14(18)10-13)22-6-8-25-9-7-22/h4-5,10H,3,6-9,11H2,1-2H3,(H,19,24). The summed E-state index contributed by atoms with van der Waals surface area (Å²) in [5.74, 6) is -0.736. The number of aromatic nitrogens is 3. The van der Waals surface area contributed by atoms with Crippen molar-refractivity contribution in [1.29, 1.82) is 0 Å². The highest BCUT2D eigenvalue weighted by atomic mass is 19.1. The number of aryl methyl sites for hydroxylation is 2. The van der Waals surface area contributed by atoms with E-state index in [4.69, 9.17) is 4.74 Å². The van der Waals surface area contributed by atoms with Gasteiger partial charge in [0.15, 0.2) is 0 Å². The molecule has 2 heterocycles. The molecule has 1 amide bonds. The molecule has 1 saturated heterocycles. The van der Waals surface area contributed by atoms with E-state index in [0.717, 1.165) is 5.69 Å². The number of rotatable bonds is 5. The minimum atomic E-state index is -0.400. The molecule has 3 rings (SSSR count). The first-order chi connectivity index (χ1) is 12.1. The summed E-state index contributed by atoms with van der Waals surface area (Å²) in [7, 11) is 0. The minimum Gasteiger partial charge on any atom is -0.378 e. The van der Waals surface area contributed by atoms with Gasteiger partial charge in [-0.1, -0.05) is 0 Å². The van der Waals surface area contributed by atoms with Crippen LogP contribution in [0.4, 0.5) is 10.1 Å². The molecule has 1 aromatic heterocycles. The van der Waals surface area contributed by atoms with Crippen LogP contribution in [-0.2, 0) is 17.8 Å². The molecule has 0 unspecified atom stereocenters. The number of nitrogens with zero attached hydrogens (tertiary/aromatic N) is 4. The number of anilines is 1. The lowest BCUT2D eigenvalue weighted by Crippen LogP contribution is -2.36. The van der Waals surface area contributed by atoms with Gasteiger partial charge in [0.1, 0.15) is 11.5 Å². The van der Waals surface area contributed by atoms with E-state index in [1.54, 1.807) is 16.9 Å². The van der Waals surface area contributed by atoms with E-state index in [-0.39, 0.29) is 18.0 Å². The van der Waals surface area contributed by atoms with Crippen molar-refractivity contribution in [3.63, 3.8) is 0 Å². The van der Waals surface area contributed by atoms with Crippen molar-refractivity contribution in [2.45, 2.75) is 26.9 Å². The highest BCUT2D eigenvalue weighted by Gasteiger charge is 2.17. The number of halogens is 1. The van der Waals surface area contributed by atoms with Crippen molar-refractivity contribution in [2.75, 3.05) is 31.2 Å². The third-order valence-electron chi connectivity index (χ3n) is 4.18. The Morgan fingerprint density at radius 2 is 2.08 bits per heavy atom. The molecule has 25 heavy (non-hydrogen) atoms. The molecule has 0 saturated carbocycles. The maximum absolute atomic E-state index is 14.4. The molecule has 7 nitrogen and oxygen atoms in total. The van der Waals surface area contributed by atoms with Crippen LogP contribution < -0.4 is 10.2 Å². The van der Waals surface area contributed by atoms with Crippen LogP contribution in [-0.4, -0.2) is 47.2 Å². The number of amides is 1. The average Bonchev–Trinajstić information content (AvgIpc) is 3.00. The lowest BCUT2D eigenvalue weighted by Gasteiger charge is -2.29. The predicted octanol–water partition coefficient (Wildman–Crippen LogP) is 1.51. The fourth-order valence-electron chi connectivity index (χ4n) is 2.74. The second kappa shape index (κ2) is 7.60. The van der Waals surface area contributed by atoms with Crippen molar-refractivity contribution < 1.29 is 13.9 Å². The van der Waals surface area contributed by atoms with Gasteiger partial charge in [-0.2, -0.15) is 15.0 Å². The fraction of sp³-hybridized carbons (Fsp3) is 0.471. The van der Waals surface area contributed by atoms with Crippen LogP contribution in [0.25, 0.3) is 0 Å². The average molecular weight is 347 g/mol. The Hall–Kier alpha value is -2.48. The number of nitrogens with one attached hydrogen (secondary N) is 1. The molecule has 0 spiro atoms. The fourth-order valence-corrected chi connectivity index (χ4v) is 2.74. The molecule has 8 heteroatoms. The zero-order valence-corrected chi connectivity index (χ0v) is 14.5. The maximum Gasteiger partial charge on any atom is 0.251 e. The van der Waals surface area contributed by atoms with E-state index in [0.29, 0.717) is 44.2 Å². The molecule has 134 valence electrons. The van der Waals surface area contributed by atoms with Gasteiger partial charge in [-0.05, 0) is 32.0 Å². The summed E-state index contributed by atoms with van der Waals surface area (Å²) in [5.41, 5.74) is 2.27. The molecule has 0 atom stereocenters. The molecule has 1 N–H and O–H groups in total. The highest BCUT2D eigenvalue weighted by molar-refractivity contribution is 5.94. The Labute approximate surface area is 145 Å². The molecule has 0 radical (unpaired) electrons. The number of carbonyl (C=O) groups is 1. The molecule has 2 aromatic rings. The monoisotopic (exact) mass is 347 g/mol. The van der Waals surface area contributed by atoms with Crippen LogP contribution in [0.5, 0.6) is 0 Å². The molecule has 0 aliphatic carbocycles. The lowest BCUT2D eigenvalue weighted by atomic mass is 10.1. The first-order valence-corrected chi connectivity index (χ1v) is 8.39. The van der Waals surface area contributed by atoms with Crippen molar-refractivity contribution in [1.82, 2.24) is 20.3 Å². The smallest absolute Gasteiger partial charge is 0.251 e. The van der Waals surface area contributed by atoms with Crippen molar-refractivity contribution in [3.05, 3.63) is 41.0 Å². The summed E-state index contributed by atoms with van der Waals surface area (Å²) in [6.45, 7) is 7.18. The van der Waals surface area contributed by atoms with E-state index in [9.17, 15) is 9.18 Å². The second-order valence-corrected chi connectivity index (χ2v) is 5.87. The molecule has 1 aliphatic heterocycles. The van der Waals surface area contributed by atoms with Crippen molar-refractivity contribution in [2.24, 2.45) is 0 Å². The SMILES string of the molecule is CCn1nc(C)c(CNC(=O)c2ccc(N3CCOCC3)c(F)c2)n1. The molecule has 1 aliphatic rings. The highest BCUT2D eigenvalue weighted by Crippen LogP contribution is 2.21. The number of hydrogen-bond donors (Lipinski definition) is 1. The molecular weight excluding hydrogens is 325 g/mol. The van der Waals surface area contributed by atoms with Gasteiger partial charge in [-0.3, -0.25) is 4.79 Å². The van der Waals surface area contributed by atoms with E-state index in [2.05, 4.69) is 15.5 Å². The molecule has 1 fully saturated rings. The molecule has 1 aromatic carbocycles. The van der Waals surface area contributed by atoms with E-state index >= 15 is 0 Å². The Morgan fingerprint density at radius 1 is 1.32 bits per heavy atom. The van der Waals surface area contributed by atoms with Gasteiger partial charge in [0.05, 0.1) is 37.7 Å². The van der Waals surface area contributed by atoms with E-state index < -0.39 is 5.82 Å². The largest absolute Gasteiger partial charge is 0.378 e. The Kier molecular flexibility index (Phi) is 5.28. The van der Waals surface area contributed by atoms with Gasteiger partial charge in [0, 0.05) is 18.7 Å². The first-order valence-electron chi connectivity index (χ1n) is 8.39. The summed E-state index contributed by atoms with van der Waals surface area (Å²) >= 11 is 0. The van der Waals surface area contributed by atoms with Gasteiger partial charge in [-0.25, -0.2) is 4.39 Å². The van der Waals surface area contributed by atoms with Crippen molar-refractivity contribution in [3.8, 4) is 0 Å². The number of benzene rings is 1. The summed E-state index contributed by atoms with van der Waals surface area (Å²) < 4.78 is 19.7. The third-order valence-corrected chi connectivity index (χ3v) is 4.18. The maximum atomic E-state index is 14.4. The molecular formula is C17H22FN5O2. The van der Waals surface area contributed by atoms with Crippen LogP contribution >= 0.6 is 0 Å². The van der Waals surface area contributed by atoms with Gasteiger partial charge in [0.2, 0.25) is 0 Å². The summed E-state index contributed by atoms with van der Waals surface area (Å²) in [6.07, 6.45) is 0. The first kappa shape index (κ1) is 17.3. The summed E-state index contributed by atoms with van der Waals surface area (Å²) in [6, 6.07) is 4.56. The molecule has 0 bridgehead atoms. The zero-order chi connectivity index (χ0) is 17.8. The Morgan fingerprint density at radius 3 is 2.72 bits per heavy atom. The quantitative estimate of drug-likeness (QED) is 0.888. The van der Waals surface area contributed by atoms with Crippen LogP contribution in [0, 0.1) is 12.7 Å². The Balaban J connectivity index is 1.65. The topological polar surface area (TPSA) is 72.3 Å². The number of ether oxygens (including phenoxy) is 1. The third kappa shape index (κ3) is 3.96. The van der Waals surface area contributed by atoms with Crippen LogP contribution in [0.1, 0.15) is 28.7 Å².